The van der Waals surface area contributed by atoms with Crippen LogP contribution in [0.3, 0.4) is 0 Å². The summed E-state index contributed by atoms with van der Waals surface area (Å²) in [5.74, 6) is -9.62. The number of anilines is 1. The summed E-state index contributed by atoms with van der Waals surface area (Å²) in [6.07, 6.45) is -12.8. The monoisotopic (exact) mass is 1290 g/mol. The number of alkyl halides is 8. The predicted octanol–water partition coefficient (Wildman–Crippen LogP) is 7.34. The van der Waals surface area contributed by atoms with Gasteiger partial charge in [0.15, 0.2) is 21.3 Å². The fourth-order valence-corrected chi connectivity index (χ4v) is 11.3. The lowest BCUT2D eigenvalue weighted by molar-refractivity contribution is -0.143. The summed E-state index contributed by atoms with van der Waals surface area (Å²) in [6.45, 7) is -4.28. The topological polar surface area (TPSA) is 300 Å². The number of hydrogen-bond acceptors (Lipinski definition) is 14. The number of pyridine rings is 1. The Balaban J connectivity index is 1.29. The number of aromatic nitrogens is 5. The van der Waals surface area contributed by atoms with E-state index in [1.807, 2.05) is 0 Å². The Morgan fingerprint density at radius 1 is 0.953 bits per heavy atom. The number of nitrogens with zero attached hydrogens (tertiary/aromatic N) is 7. The van der Waals surface area contributed by atoms with E-state index in [1.54, 1.807) is 0 Å². The fourth-order valence-electron chi connectivity index (χ4n) is 9.81. The van der Waals surface area contributed by atoms with Crippen LogP contribution in [0, 0.1) is 34.8 Å². The molecule has 0 bridgehead atoms. The third kappa shape index (κ3) is 14.2. The van der Waals surface area contributed by atoms with Crippen molar-refractivity contribution in [2.75, 3.05) is 36.7 Å². The van der Waals surface area contributed by atoms with Crippen LogP contribution in [0.1, 0.15) is 85.4 Å². The number of sulfonamides is 1. The SMILES string of the molecule is CC(C)(C#Cc1ccc(-c2ccc(Cl)c3c(N(C(=O)CC4(CN(CC(=O)O)C(=O)OCOP(=O)(O)O)CC4)S(C)(=O)=O)nn(CC(F)(F)F)c23)c([C@H](Cc2cc(F)cc(F)c2)NC(=O)Cn2nc(C(F)(F)F)c3c2C(F)(F)[C@@H]2C[C@H]32)n1)S(C)(=O)=O. The third-order valence-corrected chi connectivity index (χ3v) is 17.8. The summed E-state index contributed by atoms with van der Waals surface area (Å²) >= 11 is 6.72. The van der Waals surface area contributed by atoms with Crippen molar-refractivity contribution in [1.29, 1.82) is 0 Å². The van der Waals surface area contributed by atoms with Gasteiger partial charge in [-0.3, -0.25) is 28.6 Å². The Labute approximate surface area is 479 Å². The molecule has 3 aliphatic rings. The zero-order chi connectivity index (χ0) is 63.1. The molecule has 3 atom stereocenters. The van der Waals surface area contributed by atoms with Crippen LogP contribution in [0.25, 0.3) is 22.0 Å². The molecule has 0 spiro atoms. The maximum atomic E-state index is 15.7. The molecule has 3 heterocycles. The van der Waals surface area contributed by atoms with E-state index in [2.05, 4.69) is 41.6 Å². The second kappa shape index (κ2) is 22.4. The Hall–Kier alpha value is -6.89. The van der Waals surface area contributed by atoms with Crippen molar-refractivity contribution in [3.8, 4) is 23.0 Å². The normalized spacial score (nSPS) is 17.5. The molecule has 0 radical (unpaired) electrons. The minimum Gasteiger partial charge on any atom is -0.480 e. The van der Waals surface area contributed by atoms with Crippen LogP contribution < -0.4 is 9.62 Å². The molecule has 22 nitrogen and oxygen atoms in total. The number of aliphatic carboxylic acids is 1. The molecular weight excluding hydrogens is 1250 g/mol. The highest BCUT2D eigenvalue weighted by Crippen LogP contribution is 2.68. The molecule has 5 aromatic rings. The number of rotatable bonds is 20. The summed E-state index contributed by atoms with van der Waals surface area (Å²) in [4.78, 5) is 76.4. The van der Waals surface area contributed by atoms with Crippen LogP contribution in [0.4, 0.5) is 54.5 Å². The number of benzene rings is 2. The molecule has 85 heavy (non-hydrogen) atoms. The van der Waals surface area contributed by atoms with Crippen LogP contribution in [-0.4, -0.2) is 128 Å². The zero-order valence-electron chi connectivity index (χ0n) is 44.2. The first kappa shape index (κ1) is 64.1. The standard InChI is InChI=1S/C49H46ClF10N8O14PS2/c1-45(2,84(3,77)78)10-9-27-5-6-28(39(61-27)33(15-24-13-25(51)16-26(52)14-24)62-34(69)19-66-42-37(41(63-66)49(58,59)60)30-17-31(30)48(42,56)57)29-7-8-32(50)38-40(29)67(22-47(53,54)55)64-43(38)68(85(4,79)80)35(70)18-46(11-12-46)21-65(20-36(71)72)44(73)81-23-82-83(74,75)76/h5-8,13-14,16,30-31,33H,11-12,15,17-23H2,1-4H3,(H,62,69)(H,71,72)(H2,74,75,76)/t30-,31+,33-/m0/s1. The number of sulfone groups is 1. The number of nitrogens with one attached hydrogen (secondary N) is 1. The Morgan fingerprint density at radius 2 is 1.59 bits per heavy atom. The number of amides is 3. The molecule has 0 saturated heterocycles. The number of carboxylic acid groups (broad SMARTS) is 1. The quantitative estimate of drug-likeness (QED) is 0.0256. The van der Waals surface area contributed by atoms with Crippen LogP contribution >= 0.6 is 19.4 Å². The maximum absolute atomic E-state index is 15.7. The number of phosphoric acid groups is 1. The van der Waals surface area contributed by atoms with Gasteiger partial charge in [0.1, 0.15) is 47.4 Å². The largest absolute Gasteiger partial charge is 0.480 e. The molecule has 2 saturated carbocycles. The number of halogens is 11. The van der Waals surface area contributed by atoms with E-state index in [-0.39, 0.29) is 44.2 Å². The maximum Gasteiger partial charge on any atom is 0.472 e. The van der Waals surface area contributed by atoms with E-state index in [0.29, 0.717) is 17.2 Å². The van der Waals surface area contributed by atoms with Gasteiger partial charge in [-0.25, -0.2) is 44.5 Å². The first-order valence-electron chi connectivity index (χ1n) is 24.7. The second-order valence-corrected chi connectivity index (χ2v) is 27.1. The minimum atomic E-state index is -5.28. The molecule has 8 rings (SSSR count). The lowest BCUT2D eigenvalue weighted by atomic mass is 9.93. The third-order valence-electron chi connectivity index (χ3n) is 14.1. The Bertz CT molecular complexity index is 3920. The van der Waals surface area contributed by atoms with E-state index in [9.17, 15) is 80.8 Å². The Kier molecular flexibility index (Phi) is 16.9. The summed E-state index contributed by atoms with van der Waals surface area (Å²) in [6, 6.07) is 4.28. The van der Waals surface area contributed by atoms with Gasteiger partial charge in [-0.2, -0.15) is 49.6 Å². The lowest BCUT2D eigenvalue weighted by Gasteiger charge is -2.27. The number of carboxylic acids is 1. The highest BCUT2D eigenvalue weighted by atomic mass is 35.5. The predicted molar refractivity (Wildman–Crippen MR) is 275 cm³/mol. The number of fused-ring (bicyclic) bond motifs is 4. The first-order chi connectivity index (χ1) is 39.0. The van der Waals surface area contributed by atoms with Gasteiger partial charge < -0.3 is 24.9 Å². The molecule has 2 fully saturated rings. The average Bonchev–Trinajstić information content (AvgIpc) is 1.53. The van der Waals surface area contributed by atoms with Crippen molar-refractivity contribution in [3.63, 3.8) is 0 Å². The molecular formula is C49H46ClF10N8O14PS2. The smallest absolute Gasteiger partial charge is 0.472 e. The van der Waals surface area contributed by atoms with Crippen LogP contribution in [0.5, 0.6) is 0 Å². The number of carbonyl (C=O) groups excluding carboxylic acids is 3. The van der Waals surface area contributed by atoms with Crippen molar-refractivity contribution in [3.05, 3.63) is 93.0 Å². The highest BCUT2D eigenvalue weighted by Gasteiger charge is 2.68. The molecule has 3 aromatic heterocycles. The van der Waals surface area contributed by atoms with Gasteiger partial charge in [-0.15, -0.1) is 0 Å². The average molecular weight is 1290 g/mol. The van der Waals surface area contributed by atoms with E-state index in [0.717, 1.165) is 42.7 Å². The van der Waals surface area contributed by atoms with Gasteiger partial charge in [-0.05, 0) is 92.7 Å². The summed E-state index contributed by atoms with van der Waals surface area (Å²) in [5, 5.41) is 18.0. The molecule has 0 unspecified atom stereocenters. The van der Waals surface area contributed by atoms with Gasteiger partial charge in [0.25, 0.3) is 5.92 Å². The molecule has 0 aliphatic heterocycles. The zero-order valence-corrected chi connectivity index (χ0v) is 47.5. The summed E-state index contributed by atoms with van der Waals surface area (Å²) in [5.41, 5.74) is -8.04. The molecule has 36 heteroatoms. The number of phosphoric ester groups is 1. The molecule has 460 valence electrons. The second-order valence-electron chi connectivity index (χ2n) is 21.0. The molecule has 3 amide bonds. The van der Waals surface area contributed by atoms with Crippen molar-refractivity contribution in [1.82, 2.24) is 34.8 Å². The van der Waals surface area contributed by atoms with Gasteiger partial charge in [0, 0.05) is 47.9 Å². The van der Waals surface area contributed by atoms with Crippen LogP contribution in [-0.2, 0) is 79.7 Å². The number of hydrogen-bond donors (Lipinski definition) is 4. The fraction of sp³-hybridized carbons (Fsp3) is 0.449. The van der Waals surface area contributed by atoms with E-state index in [1.165, 1.54) is 13.8 Å². The van der Waals surface area contributed by atoms with E-state index in [4.69, 9.17) is 21.4 Å². The lowest BCUT2D eigenvalue weighted by Crippen LogP contribution is -2.43. The van der Waals surface area contributed by atoms with E-state index < -0.39 is 211 Å². The van der Waals surface area contributed by atoms with Crippen molar-refractivity contribution in [2.45, 2.75) is 94.0 Å². The van der Waals surface area contributed by atoms with Crippen molar-refractivity contribution in [2.24, 2.45) is 11.3 Å². The van der Waals surface area contributed by atoms with Gasteiger partial charge >= 0.3 is 32.2 Å². The Morgan fingerprint density at radius 3 is 2.15 bits per heavy atom. The van der Waals surface area contributed by atoms with E-state index >= 15 is 8.78 Å². The van der Waals surface area contributed by atoms with Crippen LogP contribution in [0.15, 0.2) is 42.5 Å². The van der Waals surface area contributed by atoms with Gasteiger partial charge in [0.05, 0.1) is 33.9 Å². The van der Waals surface area contributed by atoms with Gasteiger partial charge in [-0.1, -0.05) is 23.6 Å². The highest BCUT2D eigenvalue weighted by molar-refractivity contribution is 7.93. The molecule has 4 N–H and O–H groups in total. The minimum absolute atomic E-state index is 0.0161. The van der Waals surface area contributed by atoms with Gasteiger partial charge in [0.2, 0.25) is 28.6 Å². The number of carbonyl (C=O) groups is 4. The van der Waals surface area contributed by atoms with Crippen molar-refractivity contribution >= 4 is 79.9 Å². The van der Waals surface area contributed by atoms with Crippen molar-refractivity contribution < 1.29 is 109 Å². The molecule has 2 aromatic carbocycles. The number of ether oxygens (including phenoxy) is 1. The molecule has 3 aliphatic carbocycles. The first-order valence-corrected chi connectivity index (χ1v) is 30.3. The van der Waals surface area contributed by atoms with Crippen LogP contribution in [0.2, 0.25) is 5.02 Å². The summed E-state index contributed by atoms with van der Waals surface area (Å²) < 4.78 is 220. The summed E-state index contributed by atoms with van der Waals surface area (Å²) in [7, 11) is -14.2.